The van der Waals surface area contributed by atoms with Gasteiger partial charge in [0.1, 0.15) is 9.52 Å². The van der Waals surface area contributed by atoms with Crippen molar-refractivity contribution in [3.63, 3.8) is 0 Å². The van der Waals surface area contributed by atoms with Crippen molar-refractivity contribution in [2.75, 3.05) is 0 Å². The smallest absolute Gasteiger partial charge is 0.675 e. The van der Waals surface area contributed by atoms with Crippen LogP contribution in [0.4, 0.5) is 0 Å². The second-order valence-corrected chi connectivity index (χ2v) is 9.68. The summed E-state index contributed by atoms with van der Waals surface area (Å²) in [5.74, 6) is 0. The van der Waals surface area contributed by atoms with Crippen LogP contribution in [-0.2, 0) is 21.7 Å². The minimum atomic E-state index is 0. The molecular formula is C27H36NSiTi. The Morgan fingerprint density at radius 3 is 1.53 bits per heavy atom. The molecule has 3 aromatic carbocycles. The van der Waals surface area contributed by atoms with E-state index in [-0.39, 0.29) is 37.3 Å². The van der Waals surface area contributed by atoms with E-state index in [1.54, 1.807) is 0 Å². The van der Waals surface area contributed by atoms with Crippen LogP contribution < -0.4 is 10.4 Å². The van der Waals surface area contributed by atoms with Crippen LogP contribution in [0.25, 0.3) is 5.73 Å². The van der Waals surface area contributed by atoms with Crippen molar-refractivity contribution >= 4 is 19.9 Å². The topological polar surface area (TPSA) is 23.8 Å². The average molecular weight is 451 g/mol. The molecule has 0 spiro atoms. The van der Waals surface area contributed by atoms with Crippen molar-refractivity contribution < 1.29 is 21.7 Å². The van der Waals surface area contributed by atoms with Crippen molar-refractivity contribution in [1.29, 1.82) is 0 Å². The van der Waals surface area contributed by atoms with Gasteiger partial charge in [0.15, 0.2) is 0 Å². The van der Waals surface area contributed by atoms with Crippen molar-refractivity contribution in [2.45, 2.75) is 65.8 Å². The summed E-state index contributed by atoms with van der Waals surface area (Å²) in [5, 5.41) is 2.90. The van der Waals surface area contributed by atoms with Crippen LogP contribution in [-0.4, -0.2) is 15.6 Å². The monoisotopic (exact) mass is 450 g/mol. The molecule has 0 amide bonds. The summed E-state index contributed by atoms with van der Waals surface area (Å²) in [6, 6.07) is 23.9. The Labute approximate surface area is 201 Å². The number of benzene rings is 2. The van der Waals surface area contributed by atoms with Crippen LogP contribution in [0.3, 0.4) is 0 Å². The van der Waals surface area contributed by atoms with Gasteiger partial charge in [-0.15, -0.1) is 6.04 Å². The van der Waals surface area contributed by atoms with Gasteiger partial charge in [-0.25, -0.2) is 0 Å². The maximum atomic E-state index is 7.27. The standard InChI is InChI=1S/C12H11Si.C9H13.C6H12N.Ti/c1-3-7-11(8-4-1)13-12-9-5-2-6-10-12;1-6-5-7(2)9(4)8(6)3;7-6-4-2-1-3-5-6;/h1-10,13H;5H,1-4H3;6-7H,1-5H2;/q;2*-1;+2. The van der Waals surface area contributed by atoms with Gasteiger partial charge in [-0.05, 0) is 0 Å². The summed E-state index contributed by atoms with van der Waals surface area (Å²) < 4.78 is 0. The molecule has 0 aromatic heterocycles. The van der Waals surface area contributed by atoms with Crippen molar-refractivity contribution in [2.24, 2.45) is 0 Å². The zero-order valence-electron chi connectivity index (χ0n) is 19.0. The molecule has 4 rings (SSSR count). The fourth-order valence-electron chi connectivity index (χ4n) is 3.53. The van der Waals surface area contributed by atoms with Gasteiger partial charge in [0.2, 0.25) is 0 Å². The van der Waals surface area contributed by atoms with Gasteiger partial charge in [0, 0.05) is 0 Å². The van der Waals surface area contributed by atoms with Crippen LogP contribution in [0.5, 0.6) is 0 Å². The molecule has 3 aromatic rings. The first kappa shape index (κ1) is 26.7. The van der Waals surface area contributed by atoms with E-state index in [1.165, 1.54) is 51.9 Å². The van der Waals surface area contributed by atoms with Crippen molar-refractivity contribution in [3.05, 3.63) is 94.7 Å². The predicted octanol–water partition coefficient (Wildman–Crippen LogP) is 6.08. The van der Waals surface area contributed by atoms with Gasteiger partial charge in [-0.2, -0.15) is 28.3 Å². The quantitative estimate of drug-likeness (QED) is 0.334. The summed E-state index contributed by atoms with van der Waals surface area (Å²) in [4.78, 5) is 0. The van der Waals surface area contributed by atoms with E-state index in [0.29, 0.717) is 0 Å². The molecule has 1 radical (unpaired) electrons. The predicted molar refractivity (Wildman–Crippen MR) is 131 cm³/mol. The number of nitrogens with one attached hydrogen (secondary N) is 1. The molecule has 30 heavy (non-hydrogen) atoms. The largest absolute Gasteiger partial charge is 2.00 e. The van der Waals surface area contributed by atoms with E-state index >= 15 is 0 Å². The van der Waals surface area contributed by atoms with Gasteiger partial charge in [0.05, 0.1) is 0 Å². The maximum Gasteiger partial charge on any atom is 2.00 e. The van der Waals surface area contributed by atoms with E-state index in [9.17, 15) is 0 Å². The van der Waals surface area contributed by atoms with Crippen LogP contribution in [0, 0.1) is 27.7 Å². The summed E-state index contributed by atoms with van der Waals surface area (Å²) in [6.45, 7) is 8.68. The third-order valence-corrected chi connectivity index (χ3v) is 7.15. The van der Waals surface area contributed by atoms with Crippen LogP contribution in [0.2, 0.25) is 0 Å². The molecule has 0 aliphatic heterocycles. The summed E-state index contributed by atoms with van der Waals surface area (Å²) in [5.41, 5.74) is 13.0. The minimum absolute atomic E-state index is 0. The Bertz CT molecular complexity index is 761. The molecule has 0 bridgehead atoms. The number of hydrogen-bond acceptors (Lipinski definition) is 0. The zero-order chi connectivity index (χ0) is 21.1. The Kier molecular flexibility index (Phi) is 13.0. The first-order valence-electron chi connectivity index (χ1n) is 10.8. The summed E-state index contributed by atoms with van der Waals surface area (Å²) >= 11 is 0. The Morgan fingerprint density at radius 2 is 1.27 bits per heavy atom. The van der Waals surface area contributed by atoms with E-state index in [0.717, 1.165) is 12.8 Å². The zero-order valence-corrected chi connectivity index (χ0v) is 21.8. The van der Waals surface area contributed by atoms with Gasteiger partial charge in [-0.1, -0.05) is 131 Å². The number of hydrogen-bond donors (Lipinski definition) is 0. The van der Waals surface area contributed by atoms with Crippen LogP contribution >= 0.6 is 0 Å². The number of aryl methyl sites for hydroxylation is 2. The molecule has 157 valence electrons. The molecule has 1 N–H and O–H groups in total. The van der Waals surface area contributed by atoms with E-state index in [4.69, 9.17) is 5.73 Å². The first-order valence-corrected chi connectivity index (χ1v) is 12.0. The normalized spacial score (nSPS) is 13.2. The third-order valence-electron chi connectivity index (χ3n) is 5.72. The molecule has 1 nitrogen and oxygen atoms in total. The molecule has 0 heterocycles. The molecule has 0 atom stereocenters. The Hall–Kier alpha value is -1.32. The Morgan fingerprint density at radius 1 is 0.800 bits per heavy atom. The molecule has 0 saturated heterocycles. The SMILES string of the molecule is Cc1c[c-](C)c(C)c1C.[NH-]C1CCCCC1.[Ti+2].c1ccc([SiH]c2ccccc2)cc1. The van der Waals surface area contributed by atoms with Crippen molar-refractivity contribution in [3.8, 4) is 0 Å². The molecule has 1 saturated carbocycles. The van der Waals surface area contributed by atoms with E-state index in [2.05, 4.69) is 94.4 Å². The second-order valence-electron chi connectivity index (χ2n) is 8.06. The molecule has 1 fully saturated rings. The van der Waals surface area contributed by atoms with Gasteiger partial charge in [0.25, 0.3) is 0 Å². The van der Waals surface area contributed by atoms with Crippen LogP contribution in [0.15, 0.2) is 66.7 Å². The van der Waals surface area contributed by atoms with Gasteiger partial charge < -0.3 is 5.73 Å². The summed E-state index contributed by atoms with van der Waals surface area (Å²) in [6.07, 6.45) is 6.28. The third kappa shape index (κ3) is 9.66. The number of rotatable bonds is 2. The average Bonchev–Trinajstić information content (AvgIpc) is 2.96. The molecule has 0 unspecified atom stereocenters. The second kappa shape index (κ2) is 14.6. The molecular weight excluding hydrogens is 414 g/mol. The molecule has 1 aliphatic rings. The first-order chi connectivity index (χ1) is 14.0. The van der Waals surface area contributed by atoms with Gasteiger partial charge >= 0.3 is 21.7 Å². The van der Waals surface area contributed by atoms with Crippen LogP contribution in [0.1, 0.15) is 54.4 Å². The van der Waals surface area contributed by atoms with Gasteiger partial charge in [-0.3, -0.25) is 0 Å². The van der Waals surface area contributed by atoms with E-state index in [1.807, 2.05) is 0 Å². The fraction of sp³-hybridized carbons (Fsp3) is 0.370. The summed E-state index contributed by atoms with van der Waals surface area (Å²) in [7, 11) is 0.271. The maximum absolute atomic E-state index is 7.27. The minimum Gasteiger partial charge on any atom is -0.675 e. The molecule has 3 heteroatoms. The Balaban J connectivity index is 0.000000233. The van der Waals surface area contributed by atoms with E-state index < -0.39 is 0 Å². The fourth-order valence-corrected chi connectivity index (χ4v) is 4.74. The van der Waals surface area contributed by atoms with Crippen molar-refractivity contribution in [1.82, 2.24) is 0 Å². The molecule has 1 aliphatic carbocycles.